The monoisotopic (exact) mass is 253 g/mol. The van der Waals surface area contributed by atoms with Crippen LogP contribution in [0.3, 0.4) is 0 Å². The molecule has 0 fully saturated rings. The van der Waals surface area contributed by atoms with Gasteiger partial charge in [0.05, 0.1) is 5.56 Å². The summed E-state index contributed by atoms with van der Waals surface area (Å²) in [7, 11) is 0. The van der Waals surface area contributed by atoms with Gasteiger partial charge >= 0.3 is 0 Å². The third-order valence-corrected chi connectivity index (χ3v) is 3.48. The normalized spacial score (nSPS) is 14.8. The van der Waals surface area contributed by atoms with E-state index in [4.69, 9.17) is 0 Å². The molecule has 0 aliphatic carbocycles. The van der Waals surface area contributed by atoms with Gasteiger partial charge in [-0.1, -0.05) is 42.5 Å². The number of carbonyl (C=O) groups is 1. The molecule has 0 saturated heterocycles. The second kappa shape index (κ2) is 4.76. The Hall–Kier alpha value is -2.29. The summed E-state index contributed by atoms with van der Waals surface area (Å²) in [6.45, 7) is 1.33. The molecule has 0 saturated carbocycles. The number of aromatic hydroxyl groups is 1. The number of hydrogen-bond donors (Lipinski definition) is 1. The predicted octanol–water partition coefficient (Wildman–Crippen LogP) is 2.95. The highest BCUT2D eigenvalue weighted by molar-refractivity contribution is 6.03. The third kappa shape index (κ3) is 2.08. The van der Waals surface area contributed by atoms with E-state index >= 15 is 0 Å². The van der Waals surface area contributed by atoms with Crippen LogP contribution in [0.15, 0.2) is 48.6 Å². The SMILES string of the molecule is O=C(c1ccc2ccccc2c1O)N1CC=CCC1. The van der Waals surface area contributed by atoms with Crippen LogP contribution < -0.4 is 0 Å². The number of fused-ring (bicyclic) bond motifs is 1. The molecule has 0 spiro atoms. The van der Waals surface area contributed by atoms with Crippen LogP contribution in [-0.4, -0.2) is 29.0 Å². The van der Waals surface area contributed by atoms with Crippen molar-refractivity contribution in [3.8, 4) is 5.75 Å². The molecule has 0 unspecified atom stereocenters. The molecule has 1 amide bonds. The zero-order valence-electron chi connectivity index (χ0n) is 10.5. The van der Waals surface area contributed by atoms with Crippen molar-refractivity contribution in [2.24, 2.45) is 0 Å². The number of phenols is 1. The molecule has 0 atom stereocenters. The van der Waals surface area contributed by atoms with Crippen molar-refractivity contribution >= 4 is 16.7 Å². The van der Waals surface area contributed by atoms with Crippen molar-refractivity contribution in [3.05, 3.63) is 54.1 Å². The second-order valence-corrected chi connectivity index (χ2v) is 4.69. The van der Waals surface area contributed by atoms with E-state index in [1.165, 1.54) is 0 Å². The molecule has 3 heteroatoms. The van der Waals surface area contributed by atoms with Crippen molar-refractivity contribution in [1.29, 1.82) is 0 Å². The van der Waals surface area contributed by atoms with E-state index in [2.05, 4.69) is 6.08 Å². The highest BCUT2D eigenvalue weighted by Gasteiger charge is 2.20. The molecule has 0 bridgehead atoms. The number of phenolic OH excluding ortho intramolecular Hbond substituents is 1. The van der Waals surface area contributed by atoms with Gasteiger partial charge in [-0.15, -0.1) is 0 Å². The zero-order valence-corrected chi connectivity index (χ0v) is 10.5. The Morgan fingerprint density at radius 2 is 1.95 bits per heavy atom. The first-order valence-corrected chi connectivity index (χ1v) is 6.42. The van der Waals surface area contributed by atoms with E-state index in [9.17, 15) is 9.90 Å². The lowest BCUT2D eigenvalue weighted by Crippen LogP contribution is -2.33. The minimum absolute atomic E-state index is 0.0812. The summed E-state index contributed by atoms with van der Waals surface area (Å²) in [5, 5.41) is 11.9. The maximum atomic E-state index is 12.4. The highest BCUT2D eigenvalue weighted by Crippen LogP contribution is 2.29. The summed E-state index contributed by atoms with van der Waals surface area (Å²) in [6.07, 6.45) is 4.93. The molecule has 2 aromatic carbocycles. The molecule has 2 aromatic rings. The van der Waals surface area contributed by atoms with Gasteiger partial charge in [-0.2, -0.15) is 0 Å². The summed E-state index contributed by atoms with van der Waals surface area (Å²) in [4.78, 5) is 14.2. The topological polar surface area (TPSA) is 40.5 Å². The molecule has 0 radical (unpaired) electrons. The summed E-state index contributed by atoms with van der Waals surface area (Å²) < 4.78 is 0. The zero-order chi connectivity index (χ0) is 13.2. The Bertz CT molecular complexity index is 661. The highest BCUT2D eigenvalue weighted by atomic mass is 16.3. The molecule has 1 aliphatic rings. The molecular weight excluding hydrogens is 238 g/mol. The lowest BCUT2D eigenvalue weighted by Gasteiger charge is -2.24. The number of amides is 1. The molecule has 1 aliphatic heterocycles. The van der Waals surface area contributed by atoms with Crippen LogP contribution in [0, 0.1) is 0 Å². The molecule has 0 aromatic heterocycles. The van der Waals surface area contributed by atoms with Crippen LogP contribution in [0.5, 0.6) is 5.75 Å². The summed E-state index contributed by atoms with van der Waals surface area (Å²) >= 11 is 0. The van der Waals surface area contributed by atoms with E-state index in [0.717, 1.165) is 17.2 Å². The lowest BCUT2D eigenvalue weighted by atomic mass is 10.0. The molecule has 1 N–H and O–H groups in total. The van der Waals surface area contributed by atoms with Crippen LogP contribution in [0.4, 0.5) is 0 Å². The molecule has 96 valence electrons. The smallest absolute Gasteiger partial charge is 0.257 e. The van der Waals surface area contributed by atoms with Crippen LogP contribution in [0.25, 0.3) is 10.8 Å². The Kier molecular flexibility index (Phi) is 2.95. The van der Waals surface area contributed by atoms with Crippen molar-refractivity contribution < 1.29 is 9.90 Å². The quantitative estimate of drug-likeness (QED) is 0.794. The average molecular weight is 253 g/mol. The first-order valence-electron chi connectivity index (χ1n) is 6.42. The fraction of sp³-hybridized carbons (Fsp3) is 0.188. The maximum absolute atomic E-state index is 12.4. The lowest BCUT2D eigenvalue weighted by molar-refractivity contribution is 0.0768. The standard InChI is InChI=1S/C16H15NO2/c18-15-13-7-3-2-6-12(13)8-9-14(15)16(19)17-10-4-1-5-11-17/h1-4,6-9,18H,5,10-11H2. The number of benzene rings is 2. The average Bonchev–Trinajstić information content (AvgIpc) is 2.48. The fourth-order valence-electron chi connectivity index (χ4n) is 2.42. The molecule has 1 heterocycles. The Labute approximate surface area is 111 Å². The van der Waals surface area contributed by atoms with Gasteiger partial charge in [0.15, 0.2) is 0 Å². The van der Waals surface area contributed by atoms with Gasteiger partial charge < -0.3 is 10.0 Å². The summed E-state index contributed by atoms with van der Waals surface area (Å²) in [5.74, 6) is -0.0229. The van der Waals surface area contributed by atoms with Crippen LogP contribution in [0.1, 0.15) is 16.8 Å². The van der Waals surface area contributed by atoms with E-state index in [0.29, 0.717) is 18.7 Å². The van der Waals surface area contributed by atoms with Gasteiger partial charge in [0.25, 0.3) is 5.91 Å². The van der Waals surface area contributed by atoms with Gasteiger partial charge in [0.2, 0.25) is 0 Å². The van der Waals surface area contributed by atoms with Gasteiger partial charge in [-0.3, -0.25) is 4.79 Å². The van der Waals surface area contributed by atoms with Gasteiger partial charge in [-0.05, 0) is 17.9 Å². The molecule has 3 nitrogen and oxygen atoms in total. The Morgan fingerprint density at radius 1 is 1.11 bits per heavy atom. The van der Waals surface area contributed by atoms with E-state index in [1.54, 1.807) is 11.0 Å². The van der Waals surface area contributed by atoms with Crippen LogP contribution in [0.2, 0.25) is 0 Å². The van der Waals surface area contributed by atoms with E-state index < -0.39 is 0 Å². The summed E-state index contributed by atoms with van der Waals surface area (Å²) in [5.41, 5.74) is 0.383. The number of carbonyl (C=O) groups excluding carboxylic acids is 1. The Morgan fingerprint density at radius 3 is 2.74 bits per heavy atom. The predicted molar refractivity (Wildman–Crippen MR) is 75.3 cm³/mol. The molecule has 19 heavy (non-hydrogen) atoms. The van der Waals surface area contributed by atoms with Gasteiger partial charge in [0.1, 0.15) is 5.75 Å². The first kappa shape index (κ1) is 11.8. The minimum Gasteiger partial charge on any atom is -0.506 e. The van der Waals surface area contributed by atoms with E-state index in [-0.39, 0.29) is 11.7 Å². The Balaban J connectivity index is 2.03. The van der Waals surface area contributed by atoms with Crippen LogP contribution >= 0.6 is 0 Å². The largest absolute Gasteiger partial charge is 0.506 e. The number of nitrogens with zero attached hydrogens (tertiary/aromatic N) is 1. The maximum Gasteiger partial charge on any atom is 0.257 e. The van der Waals surface area contributed by atoms with Crippen molar-refractivity contribution in [2.75, 3.05) is 13.1 Å². The number of hydrogen-bond acceptors (Lipinski definition) is 2. The van der Waals surface area contributed by atoms with Gasteiger partial charge in [-0.25, -0.2) is 0 Å². The molecule has 3 rings (SSSR count). The van der Waals surface area contributed by atoms with E-state index in [1.807, 2.05) is 36.4 Å². The number of rotatable bonds is 1. The molecular formula is C16H15NO2. The first-order chi connectivity index (χ1) is 9.27. The van der Waals surface area contributed by atoms with Crippen LogP contribution in [-0.2, 0) is 0 Å². The summed E-state index contributed by atoms with van der Waals surface area (Å²) in [6, 6.07) is 11.1. The van der Waals surface area contributed by atoms with Crippen molar-refractivity contribution in [2.45, 2.75) is 6.42 Å². The van der Waals surface area contributed by atoms with Gasteiger partial charge in [0, 0.05) is 18.5 Å². The second-order valence-electron chi connectivity index (χ2n) is 4.69. The van der Waals surface area contributed by atoms with Crippen molar-refractivity contribution in [3.63, 3.8) is 0 Å². The van der Waals surface area contributed by atoms with Crippen molar-refractivity contribution in [1.82, 2.24) is 4.90 Å². The fourth-order valence-corrected chi connectivity index (χ4v) is 2.42. The third-order valence-electron chi connectivity index (χ3n) is 3.48. The minimum atomic E-state index is -0.104.